The summed E-state index contributed by atoms with van der Waals surface area (Å²) in [5.41, 5.74) is 1.25. The van der Waals surface area contributed by atoms with Gasteiger partial charge in [0.05, 0.1) is 11.8 Å². The van der Waals surface area contributed by atoms with Gasteiger partial charge in [-0.15, -0.1) is 0 Å². The van der Waals surface area contributed by atoms with Crippen LogP contribution in [-0.2, 0) is 6.54 Å². The molecule has 1 heterocycles. The molecule has 0 fully saturated rings. The Labute approximate surface area is 120 Å². The van der Waals surface area contributed by atoms with Gasteiger partial charge in [-0.1, -0.05) is 21.1 Å². The lowest BCUT2D eigenvalue weighted by atomic mass is 10.1. The molecule has 2 aromatic rings. The molecule has 0 amide bonds. The summed E-state index contributed by atoms with van der Waals surface area (Å²) in [6.07, 6.45) is 1.62. The summed E-state index contributed by atoms with van der Waals surface area (Å²) in [6, 6.07) is 4.88. The Morgan fingerprint density at radius 2 is 2.11 bits per heavy atom. The number of aromatic nitrogens is 1. The summed E-state index contributed by atoms with van der Waals surface area (Å²) >= 11 is 3.24. The van der Waals surface area contributed by atoms with Gasteiger partial charge < -0.3 is 9.84 Å². The normalized spacial score (nSPS) is 11.8. The van der Waals surface area contributed by atoms with Crippen molar-refractivity contribution in [1.29, 1.82) is 0 Å². The van der Waals surface area contributed by atoms with Crippen molar-refractivity contribution in [2.45, 2.75) is 32.9 Å². The number of nitrogens with one attached hydrogen (secondary N) is 1. The lowest BCUT2D eigenvalue weighted by Gasteiger charge is -2.20. The number of rotatable bonds is 3. The second kappa shape index (κ2) is 5.43. The summed E-state index contributed by atoms with van der Waals surface area (Å²) in [5.74, 6) is 0.143. The van der Waals surface area contributed by atoms with Crippen LogP contribution in [0.2, 0.25) is 0 Å². The number of hydrogen-bond donors (Lipinski definition) is 1. The molecular weight excluding hydrogens is 311 g/mol. The van der Waals surface area contributed by atoms with Crippen molar-refractivity contribution < 1.29 is 8.91 Å². The minimum Gasteiger partial charge on any atom is -0.356 e. The van der Waals surface area contributed by atoms with Crippen LogP contribution in [0.25, 0.3) is 11.3 Å². The highest BCUT2D eigenvalue weighted by Gasteiger charge is 2.17. The van der Waals surface area contributed by atoms with Gasteiger partial charge in [-0.2, -0.15) is 0 Å². The molecule has 0 aliphatic rings. The van der Waals surface area contributed by atoms with Crippen molar-refractivity contribution in [2.24, 2.45) is 0 Å². The third kappa shape index (κ3) is 3.64. The zero-order valence-electron chi connectivity index (χ0n) is 11.1. The van der Waals surface area contributed by atoms with Crippen LogP contribution in [0.1, 0.15) is 26.3 Å². The minimum absolute atomic E-state index is 0.0210. The second-order valence-electron chi connectivity index (χ2n) is 5.41. The first-order valence-corrected chi connectivity index (χ1v) is 6.80. The summed E-state index contributed by atoms with van der Waals surface area (Å²) in [4.78, 5) is 0. The van der Waals surface area contributed by atoms with Crippen LogP contribution in [0, 0.1) is 5.82 Å². The van der Waals surface area contributed by atoms with Crippen LogP contribution < -0.4 is 5.32 Å². The van der Waals surface area contributed by atoms with Gasteiger partial charge in [0.2, 0.25) is 0 Å². The van der Waals surface area contributed by atoms with E-state index >= 15 is 0 Å². The lowest BCUT2D eigenvalue weighted by Crippen LogP contribution is -2.35. The molecule has 0 bridgehead atoms. The van der Waals surface area contributed by atoms with E-state index in [1.807, 2.05) is 0 Å². The molecule has 0 saturated carbocycles. The van der Waals surface area contributed by atoms with E-state index in [0.29, 0.717) is 22.3 Å². The predicted molar refractivity (Wildman–Crippen MR) is 76.2 cm³/mol. The fourth-order valence-electron chi connectivity index (χ4n) is 1.64. The van der Waals surface area contributed by atoms with Crippen LogP contribution in [0.15, 0.2) is 33.4 Å². The fraction of sp³-hybridized carbons (Fsp3) is 0.357. The Kier molecular flexibility index (Phi) is 4.06. The quantitative estimate of drug-likeness (QED) is 0.921. The van der Waals surface area contributed by atoms with Gasteiger partial charge in [-0.05, 0) is 39.0 Å². The number of nitrogens with zero attached hydrogens (tertiary/aromatic N) is 1. The number of halogens is 2. The van der Waals surface area contributed by atoms with Gasteiger partial charge in [-0.25, -0.2) is 4.39 Å². The molecule has 1 N–H and O–H groups in total. The molecule has 102 valence electrons. The van der Waals surface area contributed by atoms with E-state index in [4.69, 9.17) is 4.52 Å². The highest BCUT2D eigenvalue weighted by Crippen LogP contribution is 2.28. The average Bonchev–Trinajstić information content (AvgIpc) is 2.73. The van der Waals surface area contributed by atoms with Crippen LogP contribution in [0.3, 0.4) is 0 Å². The SMILES string of the molecule is CC(C)(C)NCc1cnoc1-c1ccc(Br)cc1F. The molecule has 19 heavy (non-hydrogen) atoms. The second-order valence-corrected chi connectivity index (χ2v) is 6.32. The molecule has 0 radical (unpaired) electrons. The van der Waals surface area contributed by atoms with E-state index in [0.717, 1.165) is 5.56 Å². The van der Waals surface area contributed by atoms with Gasteiger partial charge in [0.1, 0.15) is 5.82 Å². The summed E-state index contributed by atoms with van der Waals surface area (Å²) in [6.45, 7) is 6.79. The molecular formula is C14H16BrFN2O. The standard InChI is InChI=1S/C14H16BrFN2O/c1-14(2,3)17-7-9-8-18-19-13(9)11-5-4-10(15)6-12(11)16/h4-6,8,17H,7H2,1-3H3. The molecule has 1 aromatic heterocycles. The van der Waals surface area contributed by atoms with E-state index in [1.165, 1.54) is 6.07 Å². The Bertz CT molecular complexity index is 575. The molecule has 0 unspecified atom stereocenters. The van der Waals surface area contributed by atoms with E-state index in [-0.39, 0.29) is 11.4 Å². The molecule has 2 rings (SSSR count). The third-order valence-electron chi connectivity index (χ3n) is 2.63. The van der Waals surface area contributed by atoms with Crippen LogP contribution in [-0.4, -0.2) is 10.7 Å². The first-order chi connectivity index (χ1) is 8.87. The molecule has 0 aliphatic heterocycles. The van der Waals surface area contributed by atoms with E-state index in [9.17, 15) is 4.39 Å². The monoisotopic (exact) mass is 326 g/mol. The molecule has 0 saturated heterocycles. The molecule has 3 nitrogen and oxygen atoms in total. The van der Waals surface area contributed by atoms with Gasteiger partial charge in [-0.3, -0.25) is 0 Å². The van der Waals surface area contributed by atoms with Gasteiger partial charge in [0.15, 0.2) is 5.76 Å². The Hall–Kier alpha value is -1.20. The average molecular weight is 327 g/mol. The highest BCUT2D eigenvalue weighted by atomic mass is 79.9. The van der Waals surface area contributed by atoms with Crippen molar-refractivity contribution in [3.63, 3.8) is 0 Å². The van der Waals surface area contributed by atoms with Crippen molar-refractivity contribution in [2.75, 3.05) is 0 Å². The maximum absolute atomic E-state index is 13.9. The highest BCUT2D eigenvalue weighted by molar-refractivity contribution is 9.10. The topological polar surface area (TPSA) is 38.1 Å². The molecule has 5 heteroatoms. The maximum Gasteiger partial charge on any atom is 0.174 e. The summed E-state index contributed by atoms with van der Waals surface area (Å²) < 4.78 is 19.8. The number of benzene rings is 1. The zero-order chi connectivity index (χ0) is 14.0. The van der Waals surface area contributed by atoms with Crippen LogP contribution in [0.5, 0.6) is 0 Å². The van der Waals surface area contributed by atoms with Crippen molar-refractivity contribution >= 4 is 15.9 Å². The van der Waals surface area contributed by atoms with E-state index < -0.39 is 0 Å². The van der Waals surface area contributed by atoms with E-state index in [2.05, 4.69) is 47.2 Å². The van der Waals surface area contributed by atoms with Crippen molar-refractivity contribution in [1.82, 2.24) is 10.5 Å². The Morgan fingerprint density at radius 1 is 1.37 bits per heavy atom. The summed E-state index contributed by atoms with van der Waals surface area (Å²) in [7, 11) is 0. The Balaban J connectivity index is 2.28. The molecule has 1 aromatic carbocycles. The Morgan fingerprint density at radius 3 is 2.74 bits per heavy atom. The number of hydrogen-bond acceptors (Lipinski definition) is 3. The predicted octanol–water partition coefficient (Wildman–Crippen LogP) is 4.13. The van der Waals surface area contributed by atoms with Gasteiger partial charge >= 0.3 is 0 Å². The largest absolute Gasteiger partial charge is 0.356 e. The fourth-order valence-corrected chi connectivity index (χ4v) is 1.98. The molecule has 0 atom stereocenters. The summed E-state index contributed by atoms with van der Waals surface area (Å²) in [5, 5.41) is 7.10. The minimum atomic E-state index is -0.330. The van der Waals surface area contributed by atoms with Crippen molar-refractivity contribution in [3.05, 3.63) is 40.2 Å². The van der Waals surface area contributed by atoms with E-state index in [1.54, 1.807) is 18.3 Å². The molecule has 0 aliphatic carbocycles. The first-order valence-electron chi connectivity index (χ1n) is 6.01. The zero-order valence-corrected chi connectivity index (χ0v) is 12.7. The molecule has 0 spiro atoms. The van der Waals surface area contributed by atoms with Crippen LogP contribution in [0.4, 0.5) is 4.39 Å². The van der Waals surface area contributed by atoms with Crippen LogP contribution >= 0.6 is 15.9 Å². The smallest absolute Gasteiger partial charge is 0.174 e. The van der Waals surface area contributed by atoms with Gasteiger partial charge in [0.25, 0.3) is 0 Å². The first kappa shape index (κ1) is 14.2. The van der Waals surface area contributed by atoms with Crippen molar-refractivity contribution in [3.8, 4) is 11.3 Å². The van der Waals surface area contributed by atoms with Gasteiger partial charge in [0, 0.05) is 22.1 Å². The maximum atomic E-state index is 13.9. The third-order valence-corrected chi connectivity index (χ3v) is 3.12. The lowest BCUT2D eigenvalue weighted by molar-refractivity contribution is 0.417.